The van der Waals surface area contributed by atoms with Crippen molar-refractivity contribution in [3.05, 3.63) is 24.3 Å². The Morgan fingerprint density at radius 3 is 2.12 bits per heavy atom. The lowest BCUT2D eigenvalue weighted by Gasteiger charge is -2.37. The van der Waals surface area contributed by atoms with Crippen LogP contribution >= 0.6 is 12.6 Å². The molecule has 1 aromatic rings. The van der Waals surface area contributed by atoms with E-state index in [0.29, 0.717) is 5.75 Å². The minimum Gasteiger partial charge on any atom is -0.426 e. The summed E-state index contributed by atoms with van der Waals surface area (Å²) in [4.78, 5) is 13.3. The average molecular weight is 375 g/mol. The lowest BCUT2D eigenvalue weighted by molar-refractivity contribution is -0.140. The van der Waals surface area contributed by atoms with E-state index in [2.05, 4.69) is 19.6 Å². The fourth-order valence-corrected chi connectivity index (χ4v) is 5.13. The molecule has 3 rings (SSSR count). The highest BCUT2D eigenvalue weighted by atomic mass is 32.1. The van der Waals surface area contributed by atoms with Crippen LogP contribution in [0.15, 0.2) is 29.2 Å². The van der Waals surface area contributed by atoms with E-state index in [-0.39, 0.29) is 11.9 Å². The second-order valence-corrected chi connectivity index (χ2v) is 8.97. The zero-order valence-electron chi connectivity index (χ0n) is 16.2. The number of ether oxygens (including phenoxy) is 1. The van der Waals surface area contributed by atoms with Crippen molar-refractivity contribution in [2.24, 2.45) is 23.7 Å². The minimum atomic E-state index is -0.0429. The number of hydrogen-bond donors (Lipinski definition) is 1. The van der Waals surface area contributed by atoms with Gasteiger partial charge >= 0.3 is 5.97 Å². The Hall–Kier alpha value is -0.960. The van der Waals surface area contributed by atoms with Crippen LogP contribution in [-0.2, 0) is 4.79 Å². The molecule has 0 atom stereocenters. The molecule has 2 aliphatic rings. The summed E-state index contributed by atoms with van der Waals surface area (Å²) < 4.78 is 5.57. The van der Waals surface area contributed by atoms with Crippen molar-refractivity contribution in [2.75, 3.05) is 0 Å². The van der Waals surface area contributed by atoms with E-state index in [1.54, 1.807) is 0 Å². The van der Waals surface area contributed by atoms with Gasteiger partial charge < -0.3 is 4.74 Å². The molecule has 0 unspecified atom stereocenters. The van der Waals surface area contributed by atoms with Gasteiger partial charge in [0.15, 0.2) is 0 Å². The number of thiol groups is 1. The van der Waals surface area contributed by atoms with Gasteiger partial charge in [0.1, 0.15) is 5.75 Å². The fraction of sp³-hybridized carbons (Fsp3) is 0.696. The summed E-state index contributed by atoms with van der Waals surface area (Å²) in [5.74, 6) is 3.42. The largest absolute Gasteiger partial charge is 0.426 e. The molecular formula is C23H34O2S. The minimum absolute atomic E-state index is 0.0429. The van der Waals surface area contributed by atoms with Gasteiger partial charge in [-0.15, -0.1) is 12.6 Å². The highest BCUT2D eigenvalue weighted by Gasteiger charge is 2.33. The first-order chi connectivity index (χ1) is 12.7. The number of carbonyl (C=O) groups excluding carboxylic acids is 1. The molecule has 2 fully saturated rings. The van der Waals surface area contributed by atoms with Gasteiger partial charge in [-0.3, -0.25) is 4.79 Å². The molecule has 0 bridgehead atoms. The van der Waals surface area contributed by atoms with Gasteiger partial charge in [-0.1, -0.05) is 39.0 Å². The van der Waals surface area contributed by atoms with Crippen LogP contribution in [0.2, 0.25) is 0 Å². The van der Waals surface area contributed by atoms with Crippen molar-refractivity contribution in [3.63, 3.8) is 0 Å². The van der Waals surface area contributed by atoms with Crippen LogP contribution in [0.5, 0.6) is 5.75 Å². The maximum atomic E-state index is 12.4. The fourth-order valence-electron chi connectivity index (χ4n) is 4.98. The van der Waals surface area contributed by atoms with Gasteiger partial charge in [-0.25, -0.2) is 0 Å². The van der Waals surface area contributed by atoms with E-state index in [1.165, 1.54) is 57.8 Å². The van der Waals surface area contributed by atoms with E-state index in [0.717, 1.165) is 35.5 Å². The molecule has 0 aliphatic heterocycles. The smallest absolute Gasteiger partial charge is 0.314 e. The molecule has 0 aromatic heterocycles. The first-order valence-electron chi connectivity index (χ1n) is 10.7. The molecule has 144 valence electrons. The molecule has 2 nitrogen and oxygen atoms in total. The normalized spacial score (nSPS) is 29.3. The molecule has 0 saturated heterocycles. The summed E-state index contributed by atoms with van der Waals surface area (Å²) in [5.41, 5.74) is 0. The third-order valence-electron chi connectivity index (χ3n) is 6.68. The van der Waals surface area contributed by atoms with Crippen LogP contribution in [0.1, 0.15) is 77.6 Å². The Morgan fingerprint density at radius 2 is 1.54 bits per heavy atom. The number of carbonyl (C=O) groups is 1. The summed E-state index contributed by atoms with van der Waals surface area (Å²) in [6.07, 6.45) is 14.3. The van der Waals surface area contributed by atoms with Crippen molar-refractivity contribution < 1.29 is 9.53 Å². The molecule has 3 heteroatoms. The standard InChI is InChI=1S/C23H34O2S/c1-2-3-4-17-5-7-18(8-6-17)19-9-11-20(12-10-19)23(24)25-21-13-15-22(26)16-14-21/h13-20,26H,2-12H2,1H3. The Bertz CT molecular complexity index is 552. The lowest BCUT2D eigenvalue weighted by Crippen LogP contribution is -2.30. The first-order valence-corrected chi connectivity index (χ1v) is 11.1. The molecule has 26 heavy (non-hydrogen) atoms. The lowest BCUT2D eigenvalue weighted by atomic mass is 9.68. The summed E-state index contributed by atoms with van der Waals surface area (Å²) in [5, 5.41) is 0. The van der Waals surface area contributed by atoms with Crippen LogP contribution < -0.4 is 4.74 Å². The van der Waals surface area contributed by atoms with Crippen LogP contribution in [0.3, 0.4) is 0 Å². The number of benzene rings is 1. The Labute approximate surface area is 164 Å². The topological polar surface area (TPSA) is 26.3 Å². The number of unbranched alkanes of at least 4 members (excludes halogenated alkanes) is 1. The Balaban J connectivity index is 1.40. The van der Waals surface area contributed by atoms with Gasteiger partial charge in [-0.2, -0.15) is 0 Å². The quantitative estimate of drug-likeness (QED) is 0.341. The van der Waals surface area contributed by atoms with Gasteiger partial charge in [-0.05, 0) is 80.5 Å². The van der Waals surface area contributed by atoms with Crippen molar-refractivity contribution in [1.29, 1.82) is 0 Å². The Morgan fingerprint density at radius 1 is 0.962 bits per heavy atom. The van der Waals surface area contributed by atoms with Crippen LogP contribution in [0, 0.1) is 23.7 Å². The second-order valence-electron chi connectivity index (χ2n) is 8.45. The highest BCUT2D eigenvalue weighted by molar-refractivity contribution is 7.80. The third kappa shape index (κ3) is 5.52. The van der Waals surface area contributed by atoms with Crippen molar-refractivity contribution in [2.45, 2.75) is 82.4 Å². The molecule has 2 aliphatic carbocycles. The SMILES string of the molecule is CCCCC1CCC(C2CCC(C(=O)Oc3ccc(S)cc3)CC2)CC1. The molecular weight excluding hydrogens is 340 g/mol. The van der Waals surface area contributed by atoms with Crippen LogP contribution in [-0.4, -0.2) is 5.97 Å². The zero-order valence-corrected chi connectivity index (χ0v) is 17.1. The number of esters is 1. The van der Waals surface area contributed by atoms with Gasteiger partial charge in [0.2, 0.25) is 0 Å². The third-order valence-corrected chi connectivity index (χ3v) is 6.98. The summed E-state index contributed by atoms with van der Waals surface area (Å²) in [7, 11) is 0. The van der Waals surface area contributed by atoms with E-state index < -0.39 is 0 Å². The first kappa shape index (κ1) is 19.8. The summed E-state index contributed by atoms with van der Waals surface area (Å²) in [6.45, 7) is 2.30. The highest BCUT2D eigenvalue weighted by Crippen LogP contribution is 2.42. The zero-order chi connectivity index (χ0) is 18.4. The van der Waals surface area contributed by atoms with Crippen molar-refractivity contribution in [1.82, 2.24) is 0 Å². The number of rotatable bonds is 6. The Kier molecular flexibility index (Phi) is 7.48. The van der Waals surface area contributed by atoms with E-state index in [9.17, 15) is 4.79 Å². The molecule has 0 radical (unpaired) electrons. The molecule has 0 N–H and O–H groups in total. The van der Waals surface area contributed by atoms with Crippen LogP contribution in [0.4, 0.5) is 0 Å². The maximum Gasteiger partial charge on any atom is 0.314 e. The van der Waals surface area contributed by atoms with Crippen LogP contribution in [0.25, 0.3) is 0 Å². The predicted octanol–water partition coefficient (Wildman–Crippen LogP) is 6.68. The molecule has 0 amide bonds. The number of hydrogen-bond acceptors (Lipinski definition) is 3. The average Bonchev–Trinajstić information content (AvgIpc) is 2.68. The van der Waals surface area contributed by atoms with E-state index in [4.69, 9.17) is 4.74 Å². The second kappa shape index (κ2) is 9.82. The molecule has 0 heterocycles. The van der Waals surface area contributed by atoms with Gasteiger partial charge in [0.25, 0.3) is 0 Å². The van der Waals surface area contributed by atoms with Crippen molar-refractivity contribution in [3.8, 4) is 5.75 Å². The van der Waals surface area contributed by atoms with Crippen molar-refractivity contribution >= 4 is 18.6 Å². The van der Waals surface area contributed by atoms with Gasteiger partial charge in [0, 0.05) is 4.90 Å². The molecule has 0 spiro atoms. The van der Waals surface area contributed by atoms with E-state index >= 15 is 0 Å². The van der Waals surface area contributed by atoms with E-state index in [1.807, 2.05) is 24.3 Å². The monoisotopic (exact) mass is 374 g/mol. The summed E-state index contributed by atoms with van der Waals surface area (Å²) >= 11 is 4.27. The summed E-state index contributed by atoms with van der Waals surface area (Å²) in [6, 6.07) is 7.37. The maximum absolute atomic E-state index is 12.4. The molecule has 2 saturated carbocycles. The van der Waals surface area contributed by atoms with Gasteiger partial charge in [0.05, 0.1) is 5.92 Å². The molecule has 1 aromatic carbocycles. The predicted molar refractivity (Wildman–Crippen MR) is 110 cm³/mol.